The van der Waals surface area contributed by atoms with Gasteiger partial charge in [0.1, 0.15) is 6.04 Å². The maximum Gasteiger partial charge on any atom is 0.405 e. The second-order valence-electron chi connectivity index (χ2n) is 4.83. The fourth-order valence-electron chi connectivity index (χ4n) is 1.71. The van der Waals surface area contributed by atoms with E-state index in [9.17, 15) is 9.59 Å². The molecule has 0 spiro atoms. The summed E-state index contributed by atoms with van der Waals surface area (Å²) in [6, 6.07) is -0.800. The number of ether oxygens (including phenoxy) is 2. The number of methoxy groups -OCH3 is 2. The lowest BCUT2D eigenvalue weighted by Gasteiger charge is -2.30. The van der Waals surface area contributed by atoms with E-state index in [0.717, 1.165) is 6.42 Å². The van der Waals surface area contributed by atoms with Crippen molar-refractivity contribution in [2.75, 3.05) is 27.3 Å². The third-order valence-corrected chi connectivity index (χ3v) is 3.15. The van der Waals surface area contributed by atoms with Crippen LogP contribution < -0.4 is 5.32 Å². The molecule has 0 aromatic carbocycles. The van der Waals surface area contributed by atoms with Crippen LogP contribution in [0.3, 0.4) is 0 Å². The van der Waals surface area contributed by atoms with Gasteiger partial charge in [0.2, 0.25) is 5.91 Å². The van der Waals surface area contributed by atoms with Crippen LogP contribution >= 0.6 is 0 Å². The number of hydrogen-bond donors (Lipinski definition) is 2. The second-order valence-corrected chi connectivity index (χ2v) is 4.83. The molecule has 2 atom stereocenters. The molecule has 0 saturated heterocycles. The Bertz CT molecular complexity index is 307. The van der Waals surface area contributed by atoms with Crippen molar-refractivity contribution < 1.29 is 24.2 Å². The molecule has 2 N–H and O–H groups in total. The summed E-state index contributed by atoms with van der Waals surface area (Å²) in [5.74, 6) is 0.0251. The van der Waals surface area contributed by atoms with E-state index in [-0.39, 0.29) is 12.5 Å². The van der Waals surface area contributed by atoms with Gasteiger partial charge in [-0.15, -0.1) is 0 Å². The fourth-order valence-corrected chi connectivity index (χ4v) is 1.71. The highest BCUT2D eigenvalue weighted by Gasteiger charge is 2.25. The first-order valence-electron chi connectivity index (χ1n) is 6.69. The highest BCUT2D eigenvalue weighted by atomic mass is 16.7. The molecular weight excluding hydrogens is 264 g/mol. The van der Waals surface area contributed by atoms with Gasteiger partial charge < -0.3 is 24.8 Å². The molecule has 0 radical (unpaired) electrons. The van der Waals surface area contributed by atoms with Crippen LogP contribution in [-0.2, 0) is 14.3 Å². The quantitative estimate of drug-likeness (QED) is 0.622. The average Bonchev–Trinajstić information content (AvgIpc) is 2.41. The largest absolute Gasteiger partial charge is 0.465 e. The Morgan fingerprint density at radius 2 is 1.75 bits per heavy atom. The zero-order valence-corrected chi connectivity index (χ0v) is 12.9. The van der Waals surface area contributed by atoms with Gasteiger partial charge in [0, 0.05) is 20.8 Å². The van der Waals surface area contributed by atoms with E-state index in [1.165, 1.54) is 21.1 Å². The van der Waals surface area contributed by atoms with Crippen LogP contribution in [0, 0.1) is 5.92 Å². The minimum atomic E-state index is -1.22. The molecule has 0 rings (SSSR count). The number of nitrogens with one attached hydrogen (secondary N) is 1. The molecule has 1 unspecified atom stereocenters. The summed E-state index contributed by atoms with van der Waals surface area (Å²) in [6.45, 7) is 6.39. The third-order valence-electron chi connectivity index (χ3n) is 3.15. The molecule has 0 saturated carbocycles. The van der Waals surface area contributed by atoms with Crippen LogP contribution in [0.25, 0.3) is 0 Å². The Kier molecular flexibility index (Phi) is 8.91. The summed E-state index contributed by atoms with van der Waals surface area (Å²) in [4.78, 5) is 24.5. The van der Waals surface area contributed by atoms with Gasteiger partial charge in [-0.1, -0.05) is 20.3 Å². The molecule has 0 aromatic rings. The molecule has 0 fully saturated rings. The highest BCUT2D eigenvalue weighted by molar-refractivity contribution is 5.84. The van der Waals surface area contributed by atoms with Crippen molar-refractivity contribution in [1.82, 2.24) is 10.2 Å². The SMILES string of the molecule is CCC(C)CN(CC(OC)OC)C(=O)[C@H](C)NC(=O)O. The molecule has 0 heterocycles. The normalized spacial score (nSPS) is 13.9. The van der Waals surface area contributed by atoms with Crippen molar-refractivity contribution in [2.24, 2.45) is 5.92 Å². The summed E-state index contributed by atoms with van der Waals surface area (Å²) >= 11 is 0. The van der Waals surface area contributed by atoms with Crippen molar-refractivity contribution in [1.29, 1.82) is 0 Å². The molecule has 0 aromatic heterocycles. The van der Waals surface area contributed by atoms with E-state index in [1.54, 1.807) is 4.90 Å². The Morgan fingerprint density at radius 3 is 2.15 bits per heavy atom. The summed E-state index contributed by atoms with van der Waals surface area (Å²) in [5, 5.41) is 10.9. The summed E-state index contributed by atoms with van der Waals surface area (Å²) < 4.78 is 10.2. The standard InChI is InChI=1S/C13H26N2O5/c1-6-9(2)7-15(8-11(19-4)20-5)12(16)10(3)14-13(17)18/h9-11,14H,6-8H2,1-5H3,(H,17,18)/t9?,10-/m0/s1. The van der Waals surface area contributed by atoms with Crippen LogP contribution in [0.2, 0.25) is 0 Å². The van der Waals surface area contributed by atoms with Crippen molar-refractivity contribution in [3.63, 3.8) is 0 Å². The van der Waals surface area contributed by atoms with Gasteiger partial charge in [-0.25, -0.2) is 4.79 Å². The van der Waals surface area contributed by atoms with Gasteiger partial charge in [0.15, 0.2) is 6.29 Å². The molecule has 0 bridgehead atoms. The van der Waals surface area contributed by atoms with Crippen molar-refractivity contribution >= 4 is 12.0 Å². The first-order valence-corrected chi connectivity index (χ1v) is 6.69. The molecule has 2 amide bonds. The summed E-state index contributed by atoms with van der Waals surface area (Å²) in [7, 11) is 3.00. The van der Waals surface area contributed by atoms with Crippen LogP contribution in [0.5, 0.6) is 0 Å². The van der Waals surface area contributed by atoms with E-state index in [1.807, 2.05) is 13.8 Å². The van der Waals surface area contributed by atoms with Crippen LogP contribution in [0.1, 0.15) is 27.2 Å². The molecule has 118 valence electrons. The lowest BCUT2D eigenvalue weighted by molar-refractivity contribution is -0.147. The van der Waals surface area contributed by atoms with Crippen LogP contribution in [0.15, 0.2) is 0 Å². The van der Waals surface area contributed by atoms with E-state index in [0.29, 0.717) is 12.5 Å². The molecule has 0 aliphatic heterocycles. The molecule has 20 heavy (non-hydrogen) atoms. The third kappa shape index (κ3) is 6.72. The van der Waals surface area contributed by atoms with E-state index < -0.39 is 18.4 Å². The maximum absolute atomic E-state index is 12.3. The number of carbonyl (C=O) groups excluding carboxylic acids is 1. The van der Waals surface area contributed by atoms with Gasteiger partial charge in [0.25, 0.3) is 0 Å². The minimum absolute atomic E-state index is 0.266. The van der Waals surface area contributed by atoms with Gasteiger partial charge in [-0.2, -0.15) is 0 Å². The zero-order chi connectivity index (χ0) is 15.7. The summed E-state index contributed by atoms with van der Waals surface area (Å²) in [6.07, 6.45) is -0.820. The predicted octanol–water partition coefficient (Wildman–Crippen LogP) is 1.14. The van der Waals surface area contributed by atoms with Gasteiger partial charge in [-0.3, -0.25) is 4.79 Å². The molecule has 0 aliphatic carbocycles. The van der Waals surface area contributed by atoms with Gasteiger partial charge >= 0.3 is 6.09 Å². The zero-order valence-electron chi connectivity index (χ0n) is 12.9. The molecule has 0 aliphatic rings. The predicted molar refractivity (Wildman–Crippen MR) is 74.5 cm³/mol. The highest BCUT2D eigenvalue weighted by Crippen LogP contribution is 2.08. The van der Waals surface area contributed by atoms with E-state index in [2.05, 4.69) is 5.32 Å². The lowest BCUT2D eigenvalue weighted by atomic mass is 10.1. The van der Waals surface area contributed by atoms with Crippen LogP contribution in [0.4, 0.5) is 4.79 Å². The first-order chi connectivity index (χ1) is 9.35. The Morgan fingerprint density at radius 1 is 1.20 bits per heavy atom. The van der Waals surface area contributed by atoms with E-state index >= 15 is 0 Å². The average molecular weight is 290 g/mol. The van der Waals surface area contributed by atoms with Gasteiger partial charge in [0.05, 0.1) is 6.54 Å². The van der Waals surface area contributed by atoms with Gasteiger partial charge in [-0.05, 0) is 12.8 Å². The number of carboxylic acid groups (broad SMARTS) is 1. The molecule has 7 nitrogen and oxygen atoms in total. The minimum Gasteiger partial charge on any atom is -0.465 e. The number of carbonyl (C=O) groups is 2. The monoisotopic (exact) mass is 290 g/mol. The first kappa shape index (κ1) is 18.7. The smallest absolute Gasteiger partial charge is 0.405 e. The summed E-state index contributed by atoms with van der Waals surface area (Å²) in [5.41, 5.74) is 0. The number of rotatable bonds is 9. The van der Waals surface area contributed by atoms with Crippen LogP contribution in [-0.4, -0.2) is 61.6 Å². The maximum atomic E-state index is 12.3. The topological polar surface area (TPSA) is 88.1 Å². The fraction of sp³-hybridized carbons (Fsp3) is 0.846. The molecular formula is C13H26N2O5. The number of nitrogens with zero attached hydrogens (tertiary/aromatic N) is 1. The van der Waals surface area contributed by atoms with E-state index in [4.69, 9.17) is 14.6 Å². The lowest BCUT2D eigenvalue weighted by Crippen LogP contribution is -2.50. The number of amides is 2. The Balaban J connectivity index is 4.80. The van der Waals surface area contributed by atoms with Crippen molar-refractivity contribution in [3.8, 4) is 0 Å². The second kappa shape index (κ2) is 9.55. The number of hydrogen-bond acceptors (Lipinski definition) is 4. The Hall–Kier alpha value is -1.34. The molecule has 7 heteroatoms. The van der Waals surface area contributed by atoms with Crippen molar-refractivity contribution in [2.45, 2.75) is 39.5 Å². The Labute approximate surface area is 120 Å². The van der Waals surface area contributed by atoms with Crippen molar-refractivity contribution in [3.05, 3.63) is 0 Å².